The predicted molar refractivity (Wildman–Crippen MR) is 114 cm³/mol. The minimum atomic E-state index is -0.611. The molecule has 2 aliphatic heterocycles. The van der Waals surface area contributed by atoms with E-state index in [9.17, 15) is 4.79 Å². The molecule has 1 unspecified atom stereocenters. The monoisotopic (exact) mass is 445 g/mol. The number of ketones is 1. The summed E-state index contributed by atoms with van der Waals surface area (Å²) in [5.74, 6) is 0.896. The molecule has 1 atom stereocenters. The fraction of sp³-hybridized carbons (Fsp3) is 0.409. The van der Waals surface area contributed by atoms with Gasteiger partial charge in [0.1, 0.15) is 17.1 Å². The molecule has 0 bridgehead atoms. The average molecular weight is 446 g/mol. The van der Waals surface area contributed by atoms with Crippen LogP contribution in [0, 0.1) is 6.92 Å². The van der Waals surface area contributed by atoms with Gasteiger partial charge < -0.3 is 9.64 Å². The molecule has 2 aliphatic rings. The molecule has 4 rings (SSSR count). The van der Waals surface area contributed by atoms with Gasteiger partial charge in [0, 0.05) is 15.9 Å². The van der Waals surface area contributed by atoms with Gasteiger partial charge in [0.25, 0.3) is 0 Å². The molecule has 0 radical (unpaired) electrons. The van der Waals surface area contributed by atoms with E-state index in [1.807, 2.05) is 37.3 Å². The third-order valence-electron chi connectivity index (χ3n) is 5.36. The molecule has 3 nitrogen and oxygen atoms in total. The van der Waals surface area contributed by atoms with E-state index in [1.54, 1.807) is 11.8 Å². The van der Waals surface area contributed by atoms with Gasteiger partial charge in [-0.2, -0.15) is 0 Å². The van der Waals surface area contributed by atoms with Gasteiger partial charge in [0.15, 0.2) is 5.78 Å². The number of rotatable bonds is 4. The van der Waals surface area contributed by atoms with Gasteiger partial charge in [-0.3, -0.25) is 4.79 Å². The van der Waals surface area contributed by atoms with Crippen LogP contribution in [0.5, 0.6) is 5.75 Å². The Bertz CT molecular complexity index is 836. The minimum absolute atomic E-state index is 0.184. The Hall–Kier alpha value is -1.30. The largest absolute Gasteiger partial charge is 0.491 e. The number of ether oxygens (including phenoxy) is 1. The Morgan fingerprint density at radius 2 is 1.89 bits per heavy atom. The van der Waals surface area contributed by atoms with E-state index in [0.717, 1.165) is 34.6 Å². The van der Waals surface area contributed by atoms with Crippen LogP contribution in [0.4, 0.5) is 0 Å². The number of likely N-dealkylation sites (tertiary alicyclic amines) is 1. The molecule has 2 aromatic rings. The maximum absolute atomic E-state index is 13.7. The van der Waals surface area contributed by atoms with Gasteiger partial charge in [-0.15, -0.1) is 11.8 Å². The van der Waals surface area contributed by atoms with E-state index >= 15 is 0 Å². The molecule has 0 spiro atoms. The van der Waals surface area contributed by atoms with Crippen LogP contribution in [0.25, 0.3) is 0 Å². The van der Waals surface area contributed by atoms with Crippen LogP contribution < -0.4 is 4.74 Å². The van der Waals surface area contributed by atoms with Gasteiger partial charge in [-0.1, -0.05) is 40.5 Å². The number of Topliss-reactive ketones (excluding diaryl/α,β-unsaturated/α-hetero) is 1. The lowest BCUT2D eigenvalue weighted by Crippen LogP contribution is -2.53. The molecule has 1 fully saturated rings. The summed E-state index contributed by atoms with van der Waals surface area (Å²) in [6.45, 7) is 5.29. The first kappa shape index (κ1) is 19.0. The second-order valence-electron chi connectivity index (χ2n) is 7.46. The lowest BCUT2D eigenvalue weighted by Gasteiger charge is -2.40. The Balaban J connectivity index is 1.70. The van der Waals surface area contributed by atoms with Crippen LogP contribution in [-0.4, -0.2) is 41.7 Å². The number of piperidine rings is 1. The van der Waals surface area contributed by atoms with E-state index in [2.05, 4.69) is 33.0 Å². The molecule has 142 valence electrons. The third-order valence-corrected chi connectivity index (χ3v) is 7.55. The molecule has 27 heavy (non-hydrogen) atoms. The normalized spacial score (nSPS) is 23.0. The first-order valence-electron chi connectivity index (χ1n) is 9.52. The van der Waals surface area contributed by atoms with E-state index in [1.165, 1.54) is 19.3 Å². The quantitative estimate of drug-likeness (QED) is 0.634. The highest BCUT2D eigenvalue weighted by Crippen LogP contribution is 2.43. The van der Waals surface area contributed by atoms with Crippen molar-refractivity contribution in [2.75, 3.05) is 26.2 Å². The van der Waals surface area contributed by atoms with Crippen LogP contribution in [0.2, 0.25) is 0 Å². The Kier molecular flexibility index (Phi) is 5.62. The summed E-state index contributed by atoms with van der Waals surface area (Å²) in [4.78, 5) is 17.3. The van der Waals surface area contributed by atoms with Gasteiger partial charge in [-0.05, 0) is 62.7 Å². The summed E-state index contributed by atoms with van der Waals surface area (Å²) in [5.41, 5.74) is 1.78. The molecular formula is C22H24BrNO2S. The zero-order chi connectivity index (χ0) is 18.9. The molecule has 0 saturated carbocycles. The summed E-state index contributed by atoms with van der Waals surface area (Å²) in [6, 6.07) is 14.1. The molecule has 1 saturated heterocycles. The lowest BCUT2D eigenvalue weighted by atomic mass is 9.92. The summed E-state index contributed by atoms with van der Waals surface area (Å²) >= 11 is 5.24. The van der Waals surface area contributed by atoms with Gasteiger partial charge in [-0.25, -0.2) is 0 Å². The van der Waals surface area contributed by atoms with Crippen LogP contribution >= 0.6 is 27.7 Å². The number of hydrogen-bond acceptors (Lipinski definition) is 4. The Labute approximate surface area is 173 Å². The highest BCUT2D eigenvalue weighted by Gasteiger charge is 2.46. The Morgan fingerprint density at radius 1 is 1.15 bits per heavy atom. The fourth-order valence-corrected chi connectivity index (χ4v) is 5.53. The summed E-state index contributed by atoms with van der Waals surface area (Å²) < 4.78 is 6.51. The molecule has 0 N–H and O–H groups in total. The zero-order valence-corrected chi connectivity index (χ0v) is 17.9. The fourth-order valence-electron chi connectivity index (χ4n) is 3.88. The van der Waals surface area contributed by atoms with Crippen molar-refractivity contribution in [3.8, 4) is 5.75 Å². The highest BCUT2D eigenvalue weighted by atomic mass is 79.9. The van der Waals surface area contributed by atoms with Crippen molar-refractivity contribution in [3.05, 3.63) is 58.1 Å². The van der Waals surface area contributed by atoms with Crippen molar-refractivity contribution in [1.82, 2.24) is 4.90 Å². The second-order valence-corrected chi connectivity index (χ2v) is 9.77. The number of halogens is 1. The van der Waals surface area contributed by atoms with Crippen LogP contribution in [0.3, 0.4) is 0 Å². The third kappa shape index (κ3) is 3.96. The number of carbonyl (C=O) groups excluding carboxylic acids is 1. The SMILES string of the molecule is Cc1cc2c(cc1Br)C(=O)C(CN1CCCCC1)(Sc1ccccc1)CO2. The highest BCUT2D eigenvalue weighted by molar-refractivity contribution is 9.10. The number of thioether (sulfide) groups is 1. The number of carbonyl (C=O) groups is 1. The van der Waals surface area contributed by atoms with Gasteiger partial charge in [0.2, 0.25) is 0 Å². The first-order valence-corrected chi connectivity index (χ1v) is 11.1. The van der Waals surface area contributed by atoms with Crippen molar-refractivity contribution >= 4 is 33.5 Å². The molecule has 0 aromatic heterocycles. The lowest BCUT2D eigenvalue weighted by molar-refractivity contribution is 0.0807. The van der Waals surface area contributed by atoms with Crippen molar-refractivity contribution in [1.29, 1.82) is 0 Å². The molecule has 2 aromatic carbocycles. The second kappa shape index (κ2) is 7.98. The number of nitrogens with zero attached hydrogens (tertiary/aromatic N) is 1. The topological polar surface area (TPSA) is 29.5 Å². The maximum Gasteiger partial charge on any atom is 0.187 e. The minimum Gasteiger partial charge on any atom is -0.491 e. The number of fused-ring (bicyclic) bond motifs is 1. The average Bonchev–Trinajstić information content (AvgIpc) is 2.68. The Morgan fingerprint density at radius 3 is 2.63 bits per heavy atom. The standard InChI is InChI=1S/C22H24BrNO2S/c1-16-12-20-18(13-19(16)23)21(25)22(15-26-20,14-24-10-6-3-7-11-24)27-17-8-4-2-5-9-17/h2,4-5,8-9,12-13H,3,6-7,10-11,14-15H2,1H3. The molecule has 2 heterocycles. The number of hydrogen-bond donors (Lipinski definition) is 0. The molecule has 0 amide bonds. The zero-order valence-electron chi connectivity index (χ0n) is 15.5. The van der Waals surface area contributed by atoms with Crippen LogP contribution in [0.1, 0.15) is 35.2 Å². The number of benzene rings is 2. The molecule has 0 aliphatic carbocycles. The van der Waals surface area contributed by atoms with Crippen molar-refractivity contribution in [2.45, 2.75) is 35.8 Å². The smallest absolute Gasteiger partial charge is 0.187 e. The van der Waals surface area contributed by atoms with E-state index in [4.69, 9.17) is 4.74 Å². The van der Waals surface area contributed by atoms with E-state index in [-0.39, 0.29) is 5.78 Å². The van der Waals surface area contributed by atoms with E-state index in [0.29, 0.717) is 17.9 Å². The van der Waals surface area contributed by atoms with Crippen LogP contribution in [-0.2, 0) is 0 Å². The summed E-state index contributed by atoms with van der Waals surface area (Å²) in [5, 5.41) is 0. The van der Waals surface area contributed by atoms with Crippen molar-refractivity contribution in [2.24, 2.45) is 0 Å². The summed E-state index contributed by atoms with van der Waals surface area (Å²) in [7, 11) is 0. The molecule has 5 heteroatoms. The van der Waals surface area contributed by atoms with Crippen molar-refractivity contribution in [3.63, 3.8) is 0 Å². The maximum atomic E-state index is 13.7. The van der Waals surface area contributed by atoms with E-state index < -0.39 is 4.75 Å². The predicted octanol–water partition coefficient (Wildman–Crippen LogP) is 5.35. The first-order chi connectivity index (χ1) is 13.1. The van der Waals surface area contributed by atoms with Crippen LogP contribution in [0.15, 0.2) is 51.8 Å². The van der Waals surface area contributed by atoms with Gasteiger partial charge >= 0.3 is 0 Å². The number of aryl methyl sites for hydroxylation is 1. The van der Waals surface area contributed by atoms with Crippen molar-refractivity contribution < 1.29 is 9.53 Å². The molecular weight excluding hydrogens is 422 g/mol. The summed E-state index contributed by atoms with van der Waals surface area (Å²) in [6.07, 6.45) is 3.71. The van der Waals surface area contributed by atoms with Gasteiger partial charge in [0.05, 0.1) is 5.56 Å².